The van der Waals surface area contributed by atoms with Crippen LogP contribution in [0.3, 0.4) is 0 Å². The maximum Gasteiger partial charge on any atom is 0.120 e. The zero-order valence-corrected chi connectivity index (χ0v) is 12.0. The summed E-state index contributed by atoms with van der Waals surface area (Å²) in [6, 6.07) is 0.510. The van der Waals surface area contributed by atoms with Gasteiger partial charge in [0.25, 0.3) is 0 Å². The highest BCUT2D eigenvalue weighted by molar-refractivity contribution is 6.67. The van der Waals surface area contributed by atoms with Gasteiger partial charge in [-0.3, -0.25) is 5.41 Å². The zero-order valence-electron chi connectivity index (χ0n) is 11.2. The maximum atomic E-state index is 7.08. The molecule has 0 aromatic heterocycles. The number of halogens is 1. The van der Waals surface area contributed by atoms with Gasteiger partial charge in [0.2, 0.25) is 0 Å². The van der Waals surface area contributed by atoms with Crippen molar-refractivity contribution in [1.29, 1.82) is 5.41 Å². The summed E-state index contributed by atoms with van der Waals surface area (Å²) in [5.74, 6) is 0. The second-order valence-corrected chi connectivity index (χ2v) is 6.56. The van der Waals surface area contributed by atoms with Gasteiger partial charge in [0, 0.05) is 23.7 Å². The molecule has 1 fully saturated rings. The van der Waals surface area contributed by atoms with Gasteiger partial charge in [-0.15, -0.1) is 0 Å². The molecule has 1 aliphatic heterocycles. The van der Waals surface area contributed by atoms with Crippen LogP contribution in [0.1, 0.15) is 40.5 Å². The lowest BCUT2D eigenvalue weighted by Gasteiger charge is -2.46. The summed E-state index contributed by atoms with van der Waals surface area (Å²) in [4.78, 5) is 0. The van der Waals surface area contributed by atoms with Crippen molar-refractivity contribution in [3.05, 3.63) is 12.2 Å². The van der Waals surface area contributed by atoms with Crippen molar-refractivity contribution in [2.75, 3.05) is 6.54 Å². The number of piperidine rings is 1. The van der Waals surface area contributed by atoms with Gasteiger partial charge < -0.3 is 10.6 Å². The monoisotopic (exact) mass is 257 g/mol. The van der Waals surface area contributed by atoms with Gasteiger partial charge in [0.05, 0.1) is 0 Å². The first-order valence-corrected chi connectivity index (χ1v) is 6.51. The van der Waals surface area contributed by atoms with E-state index in [-0.39, 0.29) is 16.2 Å². The first-order chi connectivity index (χ1) is 7.70. The molecule has 1 aliphatic rings. The minimum Gasteiger partial charge on any atom is -0.310 e. The molecular formula is C13H24ClN3. The third-order valence-corrected chi connectivity index (χ3v) is 3.10. The first kappa shape index (κ1) is 14.7. The van der Waals surface area contributed by atoms with Crippen molar-refractivity contribution < 1.29 is 0 Å². The molecule has 0 aromatic rings. The summed E-state index contributed by atoms with van der Waals surface area (Å²) >= 11 is 5.45. The van der Waals surface area contributed by atoms with Crippen molar-refractivity contribution in [3.63, 3.8) is 0 Å². The Morgan fingerprint density at radius 2 is 1.88 bits per heavy atom. The molecule has 3 N–H and O–H groups in total. The fraction of sp³-hybridized carbons (Fsp3) is 0.769. The Bertz CT molecular complexity index is 292. The normalized spacial score (nSPS) is 24.1. The molecule has 0 saturated carbocycles. The third-order valence-electron chi connectivity index (χ3n) is 2.98. The van der Waals surface area contributed by atoms with Gasteiger partial charge in [-0.1, -0.05) is 17.7 Å². The lowest BCUT2D eigenvalue weighted by molar-refractivity contribution is 0.148. The fourth-order valence-electron chi connectivity index (χ4n) is 2.86. The van der Waals surface area contributed by atoms with Crippen LogP contribution >= 0.6 is 11.6 Å². The molecule has 98 valence electrons. The van der Waals surface area contributed by atoms with Crippen LogP contribution in [0, 0.1) is 5.41 Å². The second kappa shape index (κ2) is 5.51. The maximum absolute atomic E-state index is 7.08. The molecule has 1 heterocycles. The van der Waals surface area contributed by atoms with Gasteiger partial charge in [-0.25, -0.2) is 0 Å². The van der Waals surface area contributed by atoms with E-state index in [1.54, 1.807) is 6.08 Å². The Morgan fingerprint density at radius 3 is 2.35 bits per heavy atom. The summed E-state index contributed by atoms with van der Waals surface area (Å²) in [7, 11) is 0. The number of rotatable bonds is 4. The molecule has 4 heteroatoms. The van der Waals surface area contributed by atoms with E-state index in [1.165, 1.54) is 0 Å². The van der Waals surface area contributed by atoms with E-state index in [9.17, 15) is 0 Å². The van der Waals surface area contributed by atoms with Crippen LogP contribution in [0.5, 0.6) is 0 Å². The van der Waals surface area contributed by atoms with Crippen molar-refractivity contribution in [3.8, 4) is 0 Å². The van der Waals surface area contributed by atoms with Crippen LogP contribution in [0.15, 0.2) is 12.2 Å². The Kier molecular flexibility index (Phi) is 4.76. The molecule has 0 amide bonds. The SMILES string of the molecule is CC1(C)CC(NC/C=C\C(=N)Cl)CC(C)(C)N1. The molecule has 0 aromatic carbocycles. The molecule has 0 aliphatic carbocycles. The Morgan fingerprint density at radius 1 is 1.35 bits per heavy atom. The minimum atomic E-state index is 0.0813. The Balaban J connectivity index is 2.46. The summed E-state index contributed by atoms with van der Waals surface area (Å²) in [6.45, 7) is 9.74. The second-order valence-electron chi connectivity index (χ2n) is 6.16. The molecule has 0 radical (unpaired) electrons. The molecular weight excluding hydrogens is 234 g/mol. The van der Waals surface area contributed by atoms with Crippen LogP contribution in [0.4, 0.5) is 0 Å². The van der Waals surface area contributed by atoms with Gasteiger partial charge in [0.1, 0.15) is 5.17 Å². The molecule has 1 rings (SSSR count). The van der Waals surface area contributed by atoms with Gasteiger partial charge in [-0.05, 0) is 46.6 Å². The third kappa shape index (κ3) is 5.66. The van der Waals surface area contributed by atoms with Gasteiger partial charge >= 0.3 is 0 Å². The number of allylic oxidation sites excluding steroid dienone is 1. The summed E-state index contributed by atoms with van der Waals surface area (Å²) in [5, 5.41) is 14.3. The predicted octanol–water partition coefficient (Wildman–Crippen LogP) is 2.66. The van der Waals surface area contributed by atoms with E-state index in [2.05, 4.69) is 38.3 Å². The van der Waals surface area contributed by atoms with Crippen molar-refractivity contribution in [2.24, 2.45) is 0 Å². The average Bonchev–Trinajstić information content (AvgIpc) is 2.06. The molecule has 0 bridgehead atoms. The lowest BCUT2D eigenvalue weighted by Crippen LogP contribution is -2.61. The molecule has 0 atom stereocenters. The van der Waals surface area contributed by atoms with Crippen LogP contribution < -0.4 is 10.6 Å². The number of nitrogens with one attached hydrogen (secondary N) is 3. The van der Waals surface area contributed by atoms with E-state index in [1.807, 2.05) is 6.08 Å². The highest BCUT2D eigenvalue weighted by atomic mass is 35.5. The zero-order chi connectivity index (χ0) is 13.1. The topological polar surface area (TPSA) is 47.9 Å². The minimum absolute atomic E-state index is 0.0813. The number of hydrogen-bond donors (Lipinski definition) is 3. The smallest absolute Gasteiger partial charge is 0.120 e. The van der Waals surface area contributed by atoms with Crippen LogP contribution in [-0.2, 0) is 0 Å². The van der Waals surface area contributed by atoms with E-state index < -0.39 is 0 Å². The fourth-order valence-corrected chi connectivity index (χ4v) is 2.95. The van der Waals surface area contributed by atoms with Crippen LogP contribution in [0.2, 0.25) is 0 Å². The summed E-state index contributed by atoms with van der Waals surface area (Å²) in [6.07, 6.45) is 5.74. The Hall–Kier alpha value is -0.380. The highest BCUT2D eigenvalue weighted by Gasteiger charge is 2.37. The van der Waals surface area contributed by atoms with Gasteiger partial charge in [0.15, 0.2) is 0 Å². The van der Waals surface area contributed by atoms with E-state index in [0.717, 1.165) is 19.4 Å². The van der Waals surface area contributed by atoms with E-state index in [4.69, 9.17) is 17.0 Å². The molecule has 3 nitrogen and oxygen atoms in total. The molecule has 1 saturated heterocycles. The quantitative estimate of drug-likeness (QED) is 0.678. The van der Waals surface area contributed by atoms with Gasteiger partial charge in [-0.2, -0.15) is 0 Å². The van der Waals surface area contributed by atoms with Crippen LogP contribution in [-0.4, -0.2) is 28.8 Å². The highest BCUT2D eigenvalue weighted by Crippen LogP contribution is 2.28. The molecule has 0 unspecified atom stereocenters. The number of hydrogen-bond acceptors (Lipinski definition) is 3. The predicted molar refractivity (Wildman–Crippen MR) is 75.0 cm³/mol. The van der Waals surface area contributed by atoms with E-state index in [0.29, 0.717) is 6.04 Å². The molecule has 17 heavy (non-hydrogen) atoms. The largest absolute Gasteiger partial charge is 0.310 e. The summed E-state index contributed by atoms with van der Waals surface area (Å²) < 4.78 is 0. The van der Waals surface area contributed by atoms with Crippen molar-refractivity contribution in [1.82, 2.24) is 10.6 Å². The van der Waals surface area contributed by atoms with E-state index >= 15 is 0 Å². The standard InChI is InChI=1S/C13H24ClN3/c1-12(2)8-10(9-13(3,4)17-12)16-7-5-6-11(14)15/h5-6,10,15-17H,7-9H2,1-4H3/b6-5-,15-11?. The lowest BCUT2D eigenvalue weighted by atomic mass is 9.79. The average molecular weight is 258 g/mol. The summed E-state index contributed by atoms with van der Waals surface area (Å²) in [5.41, 5.74) is 0.338. The van der Waals surface area contributed by atoms with Crippen molar-refractivity contribution >= 4 is 16.8 Å². The Labute approximate surface area is 110 Å². The first-order valence-electron chi connectivity index (χ1n) is 6.14. The van der Waals surface area contributed by atoms with Crippen LogP contribution in [0.25, 0.3) is 0 Å². The molecule has 0 spiro atoms. The van der Waals surface area contributed by atoms with Crippen molar-refractivity contribution in [2.45, 2.75) is 57.7 Å².